The summed E-state index contributed by atoms with van der Waals surface area (Å²) in [5, 5.41) is 10.6. The highest BCUT2D eigenvalue weighted by Gasteiger charge is 2.30. The summed E-state index contributed by atoms with van der Waals surface area (Å²) in [6.45, 7) is 14.1. The molecule has 0 fully saturated rings. The first kappa shape index (κ1) is 90.1. The summed E-state index contributed by atoms with van der Waals surface area (Å²) in [5.74, 6) is 0.931. The maximum absolute atomic E-state index is 13.1. The average Bonchev–Trinajstić information content (AvgIpc) is 2.65. The van der Waals surface area contributed by atoms with E-state index < -0.39 is 97.5 Å². The first-order valence-corrected chi connectivity index (χ1v) is 40.8. The predicted octanol–water partition coefficient (Wildman–Crippen LogP) is 20.9. The van der Waals surface area contributed by atoms with E-state index in [1.165, 1.54) is 161 Å². The van der Waals surface area contributed by atoms with Gasteiger partial charge in [0, 0.05) is 25.7 Å². The normalized spacial score (nSPS) is 15.1. The first-order valence-electron chi connectivity index (χ1n) is 37.8. The number of ether oxygens (including phenoxy) is 4. The molecule has 0 heterocycles. The molecule has 92 heavy (non-hydrogen) atoms. The van der Waals surface area contributed by atoms with Crippen LogP contribution in [0.2, 0.25) is 0 Å². The molecule has 3 N–H and O–H groups in total. The van der Waals surface area contributed by atoms with Crippen molar-refractivity contribution in [3.05, 3.63) is 0 Å². The molecule has 0 aromatic heterocycles. The third-order valence-corrected chi connectivity index (χ3v) is 19.8. The highest BCUT2D eigenvalue weighted by molar-refractivity contribution is 7.47. The van der Waals surface area contributed by atoms with E-state index in [0.717, 1.165) is 120 Å². The van der Waals surface area contributed by atoms with Crippen LogP contribution in [0, 0.1) is 23.7 Å². The van der Waals surface area contributed by atoms with Gasteiger partial charge in [0.2, 0.25) is 0 Å². The lowest BCUT2D eigenvalue weighted by Gasteiger charge is -2.21. The Morgan fingerprint density at radius 1 is 0.304 bits per heavy atom. The molecule has 19 heteroatoms. The zero-order valence-electron chi connectivity index (χ0n) is 60.2. The van der Waals surface area contributed by atoms with E-state index in [-0.39, 0.29) is 25.7 Å². The fourth-order valence-corrected chi connectivity index (χ4v) is 12.5. The van der Waals surface area contributed by atoms with Crippen LogP contribution in [0.3, 0.4) is 0 Å². The Hall–Kier alpha value is -1.94. The standard InChI is InChI=1S/C73H142O17P2/c1-9-64(6)50-42-34-26-22-19-20-24-28-39-47-55-72(77)89-68(59-83-70(75)53-45-37-27-23-18-16-14-12-13-15-17-21-25-33-41-49-63(4)5)61-87-91(79,80)85-57-67(74)58-86-92(81,82)88-62-69(90-73(78)56-48-40-32-30-36-44-52-66(8)11-3)60-84-71(76)54-46-38-31-29-35-43-51-65(7)10-2/h63-69,74H,9-62H2,1-8H3,(H,79,80)(H,81,82)/t64?,65?,66?,67-,68-,69-/m1/s1. The molecule has 0 saturated carbocycles. The number of hydrogen-bond donors (Lipinski definition) is 3. The van der Waals surface area contributed by atoms with E-state index in [1.54, 1.807) is 0 Å². The van der Waals surface area contributed by atoms with Gasteiger partial charge in [-0.15, -0.1) is 0 Å². The maximum atomic E-state index is 13.1. The number of aliphatic hydroxyl groups excluding tert-OH is 1. The van der Waals surface area contributed by atoms with Gasteiger partial charge in [0.05, 0.1) is 26.4 Å². The van der Waals surface area contributed by atoms with Crippen molar-refractivity contribution in [3.8, 4) is 0 Å². The summed E-state index contributed by atoms with van der Waals surface area (Å²) in [7, 11) is -9.91. The van der Waals surface area contributed by atoms with Gasteiger partial charge in [-0.05, 0) is 49.4 Å². The van der Waals surface area contributed by atoms with Gasteiger partial charge in [0.25, 0.3) is 0 Å². The van der Waals surface area contributed by atoms with Crippen LogP contribution in [0.25, 0.3) is 0 Å². The van der Waals surface area contributed by atoms with Crippen molar-refractivity contribution in [1.82, 2.24) is 0 Å². The molecule has 0 aliphatic rings. The third kappa shape index (κ3) is 62.8. The molecule has 5 unspecified atom stereocenters. The number of phosphoric ester groups is 2. The van der Waals surface area contributed by atoms with Crippen LogP contribution in [0.1, 0.15) is 364 Å². The number of esters is 4. The van der Waals surface area contributed by atoms with Crippen LogP contribution in [0.4, 0.5) is 0 Å². The molecule has 0 aliphatic carbocycles. The molecule has 0 aromatic carbocycles. The Kier molecular flexibility index (Phi) is 61.3. The number of rotatable bonds is 70. The van der Waals surface area contributed by atoms with Crippen molar-refractivity contribution >= 4 is 39.5 Å². The zero-order chi connectivity index (χ0) is 68.2. The fourth-order valence-electron chi connectivity index (χ4n) is 10.9. The highest BCUT2D eigenvalue weighted by Crippen LogP contribution is 2.45. The Morgan fingerprint density at radius 3 is 0.772 bits per heavy atom. The molecule has 0 amide bonds. The molecule has 0 rings (SSSR count). The van der Waals surface area contributed by atoms with Crippen LogP contribution in [-0.2, 0) is 65.4 Å². The van der Waals surface area contributed by atoms with E-state index in [4.69, 9.17) is 37.0 Å². The number of carbonyl (C=O) groups excluding carboxylic acids is 4. The summed E-state index contributed by atoms with van der Waals surface area (Å²) in [5.41, 5.74) is 0. The Balaban J connectivity index is 5.23. The van der Waals surface area contributed by atoms with Gasteiger partial charge in [0.15, 0.2) is 12.2 Å². The van der Waals surface area contributed by atoms with E-state index in [9.17, 15) is 43.2 Å². The van der Waals surface area contributed by atoms with Gasteiger partial charge in [-0.3, -0.25) is 37.3 Å². The van der Waals surface area contributed by atoms with Gasteiger partial charge in [0.1, 0.15) is 19.3 Å². The minimum absolute atomic E-state index is 0.102. The molecule has 0 aromatic rings. The Labute approximate surface area is 562 Å². The SMILES string of the molecule is CCC(C)CCCCCCCCCCCCC(=O)O[C@H](COC(=O)CCCCCCCCCCCCCCCCCC(C)C)COP(=O)(O)OC[C@@H](O)COP(=O)(O)OC[C@@H](COC(=O)CCCCCCCCC(C)CC)OC(=O)CCCCCCCCC(C)CC. The molecule has 0 aliphatic heterocycles. The molecule has 0 radical (unpaired) electrons. The lowest BCUT2D eigenvalue weighted by molar-refractivity contribution is -0.161. The number of hydrogen-bond acceptors (Lipinski definition) is 15. The van der Waals surface area contributed by atoms with E-state index in [2.05, 4.69) is 55.4 Å². The molecule has 546 valence electrons. The van der Waals surface area contributed by atoms with Gasteiger partial charge in [-0.1, -0.05) is 312 Å². The lowest BCUT2D eigenvalue weighted by atomic mass is 9.99. The Bertz CT molecular complexity index is 1820. The molecule has 0 bridgehead atoms. The minimum atomic E-state index is -4.96. The fraction of sp³-hybridized carbons (Fsp3) is 0.945. The molecule has 8 atom stereocenters. The van der Waals surface area contributed by atoms with Gasteiger partial charge in [-0.25, -0.2) is 9.13 Å². The Morgan fingerprint density at radius 2 is 0.522 bits per heavy atom. The lowest BCUT2D eigenvalue weighted by Crippen LogP contribution is -2.30. The highest BCUT2D eigenvalue weighted by atomic mass is 31.2. The quantitative estimate of drug-likeness (QED) is 0.0222. The maximum Gasteiger partial charge on any atom is 0.472 e. The van der Waals surface area contributed by atoms with Crippen LogP contribution in [0.15, 0.2) is 0 Å². The number of unbranched alkanes of at least 4 members (excludes halogenated alkanes) is 33. The van der Waals surface area contributed by atoms with Crippen molar-refractivity contribution in [3.63, 3.8) is 0 Å². The summed E-state index contributed by atoms with van der Waals surface area (Å²) in [6.07, 6.45) is 45.9. The first-order chi connectivity index (χ1) is 44.2. The van der Waals surface area contributed by atoms with Gasteiger partial charge >= 0.3 is 39.5 Å². The second kappa shape index (κ2) is 62.6. The van der Waals surface area contributed by atoms with Crippen molar-refractivity contribution in [2.45, 2.75) is 382 Å². The smallest absolute Gasteiger partial charge is 0.462 e. The molecular formula is C73H142O17P2. The summed E-state index contributed by atoms with van der Waals surface area (Å²) < 4.78 is 68.4. The van der Waals surface area contributed by atoms with Crippen LogP contribution >= 0.6 is 15.6 Å². The molecule has 0 spiro atoms. The van der Waals surface area contributed by atoms with Crippen LogP contribution in [-0.4, -0.2) is 96.7 Å². The van der Waals surface area contributed by atoms with Gasteiger partial charge in [-0.2, -0.15) is 0 Å². The van der Waals surface area contributed by atoms with E-state index >= 15 is 0 Å². The summed E-state index contributed by atoms with van der Waals surface area (Å²) >= 11 is 0. The number of aliphatic hydroxyl groups is 1. The zero-order valence-corrected chi connectivity index (χ0v) is 62.0. The predicted molar refractivity (Wildman–Crippen MR) is 372 cm³/mol. The van der Waals surface area contributed by atoms with E-state index in [0.29, 0.717) is 25.7 Å². The van der Waals surface area contributed by atoms with Crippen molar-refractivity contribution < 1.29 is 80.2 Å². The van der Waals surface area contributed by atoms with Crippen molar-refractivity contribution in [1.29, 1.82) is 0 Å². The summed E-state index contributed by atoms with van der Waals surface area (Å²) in [6, 6.07) is 0. The second-order valence-corrected chi connectivity index (χ2v) is 30.4. The van der Waals surface area contributed by atoms with Gasteiger partial charge < -0.3 is 33.8 Å². The van der Waals surface area contributed by atoms with E-state index in [1.807, 2.05) is 0 Å². The second-order valence-electron chi connectivity index (χ2n) is 27.5. The monoisotopic (exact) mass is 1350 g/mol. The summed E-state index contributed by atoms with van der Waals surface area (Å²) in [4.78, 5) is 72.6. The molecule has 17 nitrogen and oxygen atoms in total. The minimum Gasteiger partial charge on any atom is -0.462 e. The molecule has 0 saturated heterocycles. The topological polar surface area (TPSA) is 237 Å². The van der Waals surface area contributed by atoms with Crippen molar-refractivity contribution in [2.75, 3.05) is 39.6 Å². The largest absolute Gasteiger partial charge is 0.472 e. The molecular weight excluding hydrogens is 1210 g/mol. The average molecular weight is 1350 g/mol. The van der Waals surface area contributed by atoms with Crippen LogP contribution < -0.4 is 0 Å². The number of carbonyl (C=O) groups is 4. The van der Waals surface area contributed by atoms with Crippen LogP contribution in [0.5, 0.6) is 0 Å². The van der Waals surface area contributed by atoms with Crippen molar-refractivity contribution in [2.24, 2.45) is 23.7 Å². The number of phosphoric acid groups is 2. The third-order valence-electron chi connectivity index (χ3n) is 17.9.